The number of hydrogen-bond donors (Lipinski definition) is 2. The fraction of sp³-hybridized carbons (Fsp3) is 0.412. The first-order valence-corrected chi connectivity index (χ1v) is 7.99. The van der Waals surface area contributed by atoms with Gasteiger partial charge in [0.15, 0.2) is 5.84 Å². The van der Waals surface area contributed by atoms with Gasteiger partial charge in [-0.2, -0.15) is 5.10 Å². The van der Waals surface area contributed by atoms with Gasteiger partial charge in [0.05, 0.1) is 26.1 Å². The first kappa shape index (κ1) is 18.4. The quantitative estimate of drug-likeness (QED) is 0.462. The molecule has 1 aliphatic heterocycles. The van der Waals surface area contributed by atoms with E-state index in [1.807, 2.05) is 24.3 Å². The first-order valence-electron chi connectivity index (χ1n) is 7.99. The molecule has 2 N–H and O–H groups in total. The minimum absolute atomic E-state index is 0.0736. The summed E-state index contributed by atoms with van der Waals surface area (Å²) in [5.74, 6) is 0.512. The number of rotatable bonds is 6. The number of amidine groups is 1. The molecular weight excluding hydrogens is 324 g/mol. The Morgan fingerprint density at radius 3 is 2.64 bits per heavy atom. The molecule has 2 rings (SSSR count). The summed E-state index contributed by atoms with van der Waals surface area (Å²) in [5.41, 5.74) is 6.75. The molecular formula is C17H22N4O4. The number of nitrogens with one attached hydrogen (secondary N) is 2. The highest BCUT2D eigenvalue weighted by Gasteiger charge is 2.27. The van der Waals surface area contributed by atoms with Gasteiger partial charge in [0.2, 0.25) is 5.91 Å². The van der Waals surface area contributed by atoms with E-state index >= 15 is 0 Å². The number of amides is 1. The van der Waals surface area contributed by atoms with E-state index in [2.05, 4.69) is 21.1 Å². The maximum absolute atomic E-state index is 11.7. The number of carbonyl (C=O) groups excluding carboxylic acids is 2. The molecule has 1 aromatic rings. The van der Waals surface area contributed by atoms with Gasteiger partial charge in [-0.1, -0.05) is 12.1 Å². The highest BCUT2D eigenvalue weighted by atomic mass is 16.5. The molecule has 1 fully saturated rings. The van der Waals surface area contributed by atoms with Gasteiger partial charge in [-0.3, -0.25) is 20.4 Å². The molecule has 0 aromatic heterocycles. The SMILES string of the molecule is CCOC(=O)C/C(C)=N/N=C1\NNC(=O)CC1c1ccc(OC)cc1. The molecule has 0 saturated carbocycles. The Bertz CT molecular complexity index is 682. The number of hydrazine groups is 1. The Balaban J connectivity index is 2.17. The molecule has 25 heavy (non-hydrogen) atoms. The van der Waals surface area contributed by atoms with Crippen molar-refractivity contribution >= 4 is 23.4 Å². The predicted octanol–water partition coefficient (Wildman–Crippen LogP) is 1.53. The van der Waals surface area contributed by atoms with E-state index in [9.17, 15) is 9.59 Å². The zero-order chi connectivity index (χ0) is 18.2. The fourth-order valence-corrected chi connectivity index (χ4v) is 2.36. The van der Waals surface area contributed by atoms with Crippen molar-refractivity contribution < 1.29 is 19.1 Å². The van der Waals surface area contributed by atoms with E-state index in [1.165, 1.54) is 0 Å². The van der Waals surface area contributed by atoms with Crippen LogP contribution in [0.1, 0.15) is 38.2 Å². The molecule has 0 spiro atoms. The Morgan fingerprint density at radius 2 is 2.00 bits per heavy atom. The summed E-state index contributed by atoms with van der Waals surface area (Å²) in [6.07, 6.45) is 0.328. The molecule has 1 aromatic carbocycles. The van der Waals surface area contributed by atoms with Gasteiger partial charge in [0.25, 0.3) is 0 Å². The lowest BCUT2D eigenvalue weighted by molar-refractivity contribution is -0.141. The highest BCUT2D eigenvalue weighted by molar-refractivity contribution is 6.00. The lowest BCUT2D eigenvalue weighted by Gasteiger charge is -2.25. The third kappa shape index (κ3) is 5.30. The minimum Gasteiger partial charge on any atom is -0.497 e. The van der Waals surface area contributed by atoms with Crippen LogP contribution in [0, 0.1) is 0 Å². The van der Waals surface area contributed by atoms with E-state index in [0.29, 0.717) is 18.2 Å². The number of ether oxygens (including phenoxy) is 2. The van der Waals surface area contributed by atoms with Gasteiger partial charge < -0.3 is 9.47 Å². The van der Waals surface area contributed by atoms with Gasteiger partial charge in [-0.05, 0) is 31.5 Å². The third-order valence-electron chi connectivity index (χ3n) is 3.60. The van der Waals surface area contributed by atoms with Crippen LogP contribution in [0.2, 0.25) is 0 Å². The largest absolute Gasteiger partial charge is 0.497 e. The topological polar surface area (TPSA) is 101 Å². The van der Waals surface area contributed by atoms with Gasteiger partial charge in [0, 0.05) is 12.1 Å². The standard InChI is InChI=1S/C17H22N4O4/c1-4-25-16(23)9-11(2)18-20-17-14(10-15(22)19-21-17)12-5-7-13(24-3)8-6-12/h5-8,14H,4,9-10H2,1-3H3,(H,19,22)(H,20,21)/b18-11+. The second-order valence-corrected chi connectivity index (χ2v) is 5.51. The fourth-order valence-electron chi connectivity index (χ4n) is 2.36. The van der Waals surface area contributed by atoms with Crippen LogP contribution in [0.25, 0.3) is 0 Å². The second-order valence-electron chi connectivity index (χ2n) is 5.51. The van der Waals surface area contributed by atoms with Crippen molar-refractivity contribution in [2.45, 2.75) is 32.6 Å². The van der Waals surface area contributed by atoms with Crippen molar-refractivity contribution in [3.05, 3.63) is 29.8 Å². The van der Waals surface area contributed by atoms with Crippen molar-refractivity contribution in [2.24, 2.45) is 10.2 Å². The molecule has 8 nitrogen and oxygen atoms in total. The van der Waals surface area contributed by atoms with Crippen molar-refractivity contribution in [1.82, 2.24) is 10.9 Å². The summed E-state index contributed by atoms with van der Waals surface area (Å²) in [6, 6.07) is 7.42. The molecule has 134 valence electrons. The van der Waals surface area contributed by atoms with Crippen molar-refractivity contribution in [3.63, 3.8) is 0 Å². The molecule has 0 aliphatic carbocycles. The minimum atomic E-state index is -0.347. The second kappa shape index (κ2) is 8.81. The van der Waals surface area contributed by atoms with Crippen LogP contribution >= 0.6 is 0 Å². The maximum atomic E-state index is 11.7. The number of esters is 1. The zero-order valence-electron chi connectivity index (χ0n) is 14.5. The van der Waals surface area contributed by atoms with Gasteiger partial charge in [-0.15, -0.1) is 5.10 Å². The molecule has 1 atom stereocenters. The van der Waals surface area contributed by atoms with Crippen LogP contribution in [0.5, 0.6) is 5.75 Å². The predicted molar refractivity (Wildman–Crippen MR) is 93.4 cm³/mol. The molecule has 1 saturated heterocycles. The summed E-state index contributed by atoms with van der Waals surface area (Å²) in [4.78, 5) is 23.2. The van der Waals surface area contributed by atoms with Crippen LogP contribution in [0.4, 0.5) is 0 Å². The molecule has 0 bridgehead atoms. The smallest absolute Gasteiger partial charge is 0.311 e. The lowest BCUT2D eigenvalue weighted by Crippen LogP contribution is -2.50. The summed E-state index contributed by atoms with van der Waals surface area (Å²) in [6.45, 7) is 3.78. The van der Waals surface area contributed by atoms with Gasteiger partial charge in [0.1, 0.15) is 5.75 Å². The normalized spacial score (nSPS) is 19.2. The average Bonchev–Trinajstić information content (AvgIpc) is 2.61. The highest BCUT2D eigenvalue weighted by Crippen LogP contribution is 2.25. The van der Waals surface area contributed by atoms with Crippen LogP contribution in [0.3, 0.4) is 0 Å². The van der Waals surface area contributed by atoms with Crippen molar-refractivity contribution in [2.75, 3.05) is 13.7 Å². The molecule has 1 heterocycles. The van der Waals surface area contributed by atoms with Crippen molar-refractivity contribution in [1.29, 1.82) is 0 Å². The van der Waals surface area contributed by atoms with Gasteiger partial charge in [-0.25, -0.2) is 0 Å². The van der Waals surface area contributed by atoms with Gasteiger partial charge >= 0.3 is 5.97 Å². The number of hydrogen-bond acceptors (Lipinski definition) is 6. The number of benzene rings is 1. The third-order valence-corrected chi connectivity index (χ3v) is 3.60. The summed E-state index contributed by atoms with van der Waals surface area (Å²) < 4.78 is 10.0. The zero-order valence-corrected chi connectivity index (χ0v) is 14.5. The molecule has 8 heteroatoms. The summed E-state index contributed by atoms with van der Waals surface area (Å²) >= 11 is 0. The first-order chi connectivity index (χ1) is 12.0. The maximum Gasteiger partial charge on any atom is 0.311 e. The Labute approximate surface area is 146 Å². The van der Waals surface area contributed by atoms with Crippen LogP contribution in [-0.2, 0) is 14.3 Å². The van der Waals surface area contributed by atoms with E-state index in [1.54, 1.807) is 21.0 Å². The van der Waals surface area contributed by atoms with E-state index in [4.69, 9.17) is 9.47 Å². The monoisotopic (exact) mass is 346 g/mol. The van der Waals surface area contributed by atoms with Crippen LogP contribution in [0.15, 0.2) is 34.5 Å². The van der Waals surface area contributed by atoms with Crippen molar-refractivity contribution in [3.8, 4) is 5.75 Å². The number of nitrogens with zero attached hydrogens (tertiary/aromatic N) is 2. The van der Waals surface area contributed by atoms with E-state index in [0.717, 1.165) is 11.3 Å². The number of methoxy groups -OCH3 is 1. The molecule has 1 unspecified atom stereocenters. The molecule has 1 aliphatic rings. The average molecular weight is 346 g/mol. The molecule has 0 radical (unpaired) electrons. The lowest BCUT2D eigenvalue weighted by atomic mass is 9.93. The molecule has 1 amide bonds. The Kier molecular flexibility index (Phi) is 6.50. The van der Waals surface area contributed by atoms with Crippen LogP contribution in [-0.4, -0.2) is 37.1 Å². The Hall–Kier alpha value is -2.90. The Morgan fingerprint density at radius 1 is 1.28 bits per heavy atom. The van der Waals surface area contributed by atoms with E-state index in [-0.39, 0.29) is 30.6 Å². The van der Waals surface area contributed by atoms with E-state index < -0.39 is 0 Å². The summed E-state index contributed by atoms with van der Waals surface area (Å²) in [7, 11) is 1.60. The number of carbonyl (C=O) groups is 2. The summed E-state index contributed by atoms with van der Waals surface area (Å²) in [5, 5.41) is 8.24. The van der Waals surface area contributed by atoms with Crippen LogP contribution < -0.4 is 15.6 Å².